The fraction of sp³-hybridized carbons (Fsp3) is 0.316. The number of H-pyrrole nitrogens is 1. The van der Waals surface area contributed by atoms with Gasteiger partial charge in [0.1, 0.15) is 5.69 Å². The molecule has 0 amide bonds. The van der Waals surface area contributed by atoms with Crippen LogP contribution in [0.5, 0.6) is 0 Å². The molecule has 1 aromatic carbocycles. The summed E-state index contributed by atoms with van der Waals surface area (Å²) in [4.78, 5) is 16.2. The number of aromatic amines is 1. The summed E-state index contributed by atoms with van der Waals surface area (Å²) in [5.74, 6) is 1.10. The Morgan fingerprint density at radius 2 is 2.04 bits per heavy atom. The topological polar surface area (TPSA) is 71.8 Å². The molecule has 0 radical (unpaired) electrons. The summed E-state index contributed by atoms with van der Waals surface area (Å²) in [5.41, 5.74) is 3.68. The van der Waals surface area contributed by atoms with Gasteiger partial charge in [0.25, 0.3) is 5.89 Å². The van der Waals surface area contributed by atoms with E-state index in [0.29, 0.717) is 22.9 Å². The van der Waals surface area contributed by atoms with Gasteiger partial charge >= 0.3 is 0 Å². The number of hydrogen-bond acceptors (Lipinski definition) is 4. The molecule has 0 aliphatic heterocycles. The number of carbonyl (C=O) groups is 1. The smallest absolute Gasteiger partial charge is 0.264 e. The zero-order valence-electron chi connectivity index (χ0n) is 14.3. The minimum atomic E-state index is -0.0207. The Labute approximate surface area is 154 Å². The van der Waals surface area contributed by atoms with E-state index in [-0.39, 0.29) is 11.2 Å². The van der Waals surface area contributed by atoms with Crippen molar-refractivity contribution in [1.29, 1.82) is 0 Å². The van der Waals surface area contributed by atoms with Crippen LogP contribution < -0.4 is 0 Å². The maximum atomic E-state index is 13.0. The van der Waals surface area contributed by atoms with Crippen molar-refractivity contribution < 1.29 is 9.21 Å². The van der Waals surface area contributed by atoms with Crippen LogP contribution in [0.2, 0.25) is 0 Å². The van der Waals surface area contributed by atoms with Crippen LogP contribution in [-0.4, -0.2) is 21.0 Å². The minimum absolute atomic E-state index is 0.0207. The molecule has 0 atom stereocenters. The standard InChI is InChI=1S/C19H18BrN3O2/c1-10-14(16(24)12-5-4-6-13(20)9-12)11(2)21-15(10)17-22-23-18(25-17)19(3)7-8-19/h4-6,9,21H,7-8H2,1-3H3. The number of benzene rings is 1. The molecule has 1 N–H and O–H groups in total. The van der Waals surface area contributed by atoms with E-state index >= 15 is 0 Å². The Morgan fingerprint density at radius 3 is 2.72 bits per heavy atom. The summed E-state index contributed by atoms with van der Waals surface area (Å²) in [6, 6.07) is 7.40. The third-order valence-electron chi connectivity index (χ3n) is 4.91. The predicted molar refractivity (Wildman–Crippen MR) is 97.7 cm³/mol. The molecule has 1 fully saturated rings. The van der Waals surface area contributed by atoms with Crippen molar-refractivity contribution in [2.45, 2.75) is 39.0 Å². The van der Waals surface area contributed by atoms with E-state index in [0.717, 1.165) is 34.3 Å². The Balaban J connectivity index is 1.74. The third kappa shape index (κ3) is 2.74. The lowest BCUT2D eigenvalue weighted by Gasteiger charge is -2.03. The quantitative estimate of drug-likeness (QED) is 0.643. The van der Waals surface area contributed by atoms with Gasteiger partial charge in [-0.3, -0.25) is 4.79 Å². The summed E-state index contributed by atoms with van der Waals surface area (Å²) in [5, 5.41) is 8.38. The zero-order chi connectivity index (χ0) is 17.8. The van der Waals surface area contributed by atoms with E-state index in [2.05, 4.69) is 38.0 Å². The zero-order valence-corrected chi connectivity index (χ0v) is 15.9. The van der Waals surface area contributed by atoms with Gasteiger partial charge in [-0.2, -0.15) is 0 Å². The Hall–Kier alpha value is -2.21. The van der Waals surface area contributed by atoms with E-state index in [1.165, 1.54) is 0 Å². The predicted octanol–water partition coefficient (Wildman–Crippen LogP) is 4.73. The van der Waals surface area contributed by atoms with Gasteiger partial charge in [-0.25, -0.2) is 0 Å². The van der Waals surface area contributed by atoms with E-state index < -0.39 is 0 Å². The molecule has 2 aromatic heterocycles. The average Bonchev–Trinajstić information content (AvgIpc) is 3.03. The van der Waals surface area contributed by atoms with E-state index in [4.69, 9.17) is 4.42 Å². The first-order chi connectivity index (χ1) is 11.9. The molecule has 3 aromatic rings. The monoisotopic (exact) mass is 399 g/mol. The number of halogens is 1. The van der Waals surface area contributed by atoms with E-state index in [1.807, 2.05) is 38.1 Å². The molecule has 0 unspecified atom stereocenters. The average molecular weight is 400 g/mol. The SMILES string of the molecule is Cc1[nH]c(-c2nnc(C3(C)CC3)o2)c(C)c1C(=O)c1cccc(Br)c1. The first kappa shape index (κ1) is 16.3. The van der Waals surface area contributed by atoms with Crippen LogP contribution in [-0.2, 0) is 5.41 Å². The fourth-order valence-electron chi connectivity index (χ4n) is 3.05. The van der Waals surface area contributed by atoms with Crippen molar-refractivity contribution in [2.24, 2.45) is 0 Å². The molecule has 25 heavy (non-hydrogen) atoms. The van der Waals surface area contributed by atoms with Crippen LogP contribution in [0.15, 0.2) is 33.2 Å². The molecule has 0 spiro atoms. The highest BCUT2D eigenvalue weighted by Crippen LogP contribution is 2.47. The van der Waals surface area contributed by atoms with Crippen LogP contribution >= 0.6 is 15.9 Å². The number of hydrogen-bond donors (Lipinski definition) is 1. The molecule has 5 nitrogen and oxygen atoms in total. The van der Waals surface area contributed by atoms with Gasteiger partial charge in [-0.05, 0) is 44.4 Å². The first-order valence-electron chi connectivity index (χ1n) is 8.23. The van der Waals surface area contributed by atoms with E-state index in [1.54, 1.807) is 0 Å². The number of carbonyl (C=O) groups excluding carboxylic acids is 1. The molecule has 1 saturated carbocycles. The second kappa shape index (κ2) is 5.66. The van der Waals surface area contributed by atoms with Crippen molar-refractivity contribution >= 4 is 21.7 Å². The number of aromatic nitrogens is 3. The molecule has 128 valence electrons. The lowest BCUT2D eigenvalue weighted by atomic mass is 10.00. The number of nitrogens with zero attached hydrogens (tertiary/aromatic N) is 2. The maximum Gasteiger partial charge on any atom is 0.264 e. The molecule has 1 aliphatic rings. The Morgan fingerprint density at radius 1 is 1.28 bits per heavy atom. The van der Waals surface area contributed by atoms with Gasteiger partial charge < -0.3 is 9.40 Å². The van der Waals surface area contributed by atoms with Gasteiger partial charge in [-0.1, -0.05) is 35.0 Å². The molecular formula is C19H18BrN3O2. The number of aryl methyl sites for hydroxylation is 1. The number of ketones is 1. The largest absolute Gasteiger partial charge is 0.419 e. The summed E-state index contributed by atoms with van der Waals surface area (Å²) in [6.07, 6.45) is 2.15. The van der Waals surface area contributed by atoms with Crippen molar-refractivity contribution in [3.8, 4) is 11.6 Å². The third-order valence-corrected chi connectivity index (χ3v) is 5.40. The molecule has 4 rings (SSSR count). The lowest BCUT2D eigenvalue weighted by Crippen LogP contribution is -2.03. The summed E-state index contributed by atoms with van der Waals surface area (Å²) >= 11 is 3.42. The van der Waals surface area contributed by atoms with E-state index in [9.17, 15) is 4.79 Å². The molecule has 1 aliphatic carbocycles. The van der Waals surface area contributed by atoms with Gasteiger partial charge in [0.05, 0.1) is 0 Å². The van der Waals surface area contributed by atoms with Crippen LogP contribution in [0.1, 0.15) is 52.8 Å². The van der Waals surface area contributed by atoms with Crippen molar-refractivity contribution in [1.82, 2.24) is 15.2 Å². The second-order valence-electron chi connectivity index (χ2n) is 6.94. The highest BCUT2D eigenvalue weighted by Gasteiger charge is 2.44. The van der Waals surface area contributed by atoms with Crippen LogP contribution in [0.25, 0.3) is 11.6 Å². The molecule has 2 heterocycles. The van der Waals surface area contributed by atoms with Gasteiger partial charge in [0.2, 0.25) is 5.89 Å². The van der Waals surface area contributed by atoms with Gasteiger partial charge in [-0.15, -0.1) is 10.2 Å². The Kier molecular flexibility index (Phi) is 3.68. The fourth-order valence-corrected chi connectivity index (χ4v) is 3.45. The van der Waals surface area contributed by atoms with Crippen LogP contribution in [0.3, 0.4) is 0 Å². The van der Waals surface area contributed by atoms with Crippen molar-refractivity contribution in [2.75, 3.05) is 0 Å². The van der Waals surface area contributed by atoms with Gasteiger partial charge in [0, 0.05) is 26.7 Å². The molecule has 0 bridgehead atoms. The van der Waals surface area contributed by atoms with Gasteiger partial charge in [0.15, 0.2) is 5.78 Å². The minimum Gasteiger partial charge on any atom is -0.419 e. The van der Waals surface area contributed by atoms with Crippen molar-refractivity contribution in [3.63, 3.8) is 0 Å². The summed E-state index contributed by atoms with van der Waals surface area (Å²) in [7, 11) is 0. The molecular weight excluding hydrogens is 382 g/mol. The highest BCUT2D eigenvalue weighted by molar-refractivity contribution is 9.10. The van der Waals surface area contributed by atoms with Crippen molar-refractivity contribution in [3.05, 3.63) is 57.0 Å². The molecule has 6 heteroatoms. The lowest BCUT2D eigenvalue weighted by molar-refractivity contribution is 0.103. The van der Waals surface area contributed by atoms with Crippen LogP contribution in [0.4, 0.5) is 0 Å². The highest BCUT2D eigenvalue weighted by atomic mass is 79.9. The molecule has 0 saturated heterocycles. The maximum absolute atomic E-state index is 13.0. The summed E-state index contributed by atoms with van der Waals surface area (Å²) in [6.45, 7) is 5.92. The second-order valence-corrected chi connectivity index (χ2v) is 7.85. The summed E-state index contributed by atoms with van der Waals surface area (Å²) < 4.78 is 6.76. The number of rotatable bonds is 4. The van der Waals surface area contributed by atoms with Crippen LogP contribution in [0, 0.1) is 13.8 Å². The Bertz CT molecular complexity index is 982. The first-order valence-corrected chi connectivity index (χ1v) is 9.02. The number of nitrogens with one attached hydrogen (secondary N) is 1. The normalized spacial score (nSPS) is 15.4.